The fourth-order valence-electron chi connectivity index (χ4n) is 3.42. The summed E-state index contributed by atoms with van der Waals surface area (Å²) in [5.74, 6) is 0.805. The third kappa shape index (κ3) is 4.98. The number of para-hydroxylation sites is 1. The molecule has 0 aliphatic carbocycles. The van der Waals surface area contributed by atoms with Crippen molar-refractivity contribution in [1.82, 2.24) is 4.57 Å². The van der Waals surface area contributed by atoms with Crippen LogP contribution in [0.4, 0.5) is 11.4 Å². The van der Waals surface area contributed by atoms with Crippen molar-refractivity contribution in [3.63, 3.8) is 0 Å². The summed E-state index contributed by atoms with van der Waals surface area (Å²) in [5.41, 5.74) is 3.61. The maximum absolute atomic E-state index is 12.3. The second kappa shape index (κ2) is 9.93. The van der Waals surface area contributed by atoms with Gasteiger partial charge in [0.25, 0.3) is 0 Å². The maximum atomic E-state index is 12.3. The van der Waals surface area contributed by atoms with E-state index in [1.165, 1.54) is 11.3 Å². The molecule has 8 heteroatoms. The highest BCUT2D eigenvalue weighted by Gasteiger charge is 2.15. The van der Waals surface area contributed by atoms with Crippen LogP contribution in [0.25, 0.3) is 11.6 Å². The number of aliphatic imine (C=N–C) groups is 1. The van der Waals surface area contributed by atoms with Crippen molar-refractivity contribution in [2.45, 2.75) is 26.3 Å². The summed E-state index contributed by atoms with van der Waals surface area (Å²) < 4.78 is 7.65. The summed E-state index contributed by atoms with van der Waals surface area (Å²) >= 11 is 6.79. The Kier molecular flexibility index (Phi) is 6.82. The number of ether oxygens (including phenoxy) is 1. The highest BCUT2D eigenvalue weighted by molar-refractivity contribution is 7.73. The largest absolute Gasteiger partial charge is 0.494 e. The lowest BCUT2D eigenvalue weighted by Crippen LogP contribution is -2.12. The molecule has 0 spiro atoms. The van der Waals surface area contributed by atoms with E-state index in [0.717, 1.165) is 28.3 Å². The molecule has 1 aliphatic heterocycles. The number of carbonyl (C=O) groups excluding carboxylic acids is 1. The van der Waals surface area contributed by atoms with E-state index < -0.39 is 0 Å². The Labute approximate surface area is 195 Å². The summed E-state index contributed by atoms with van der Waals surface area (Å²) in [4.78, 5) is 17.4. The van der Waals surface area contributed by atoms with E-state index in [4.69, 9.17) is 17.0 Å². The lowest BCUT2D eigenvalue weighted by molar-refractivity contribution is -0.116. The lowest BCUT2D eigenvalue weighted by atomic mass is 10.1. The molecule has 0 bridgehead atoms. The van der Waals surface area contributed by atoms with Crippen molar-refractivity contribution in [3.8, 4) is 11.6 Å². The van der Waals surface area contributed by atoms with Crippen LogP contribution in [0.3, 0.4) is 0 Å². The number of allylic oxidation sites excluding steroid dienone is 1. The molecule has 3 aromatic rings. The van der Waals surface area contributed by atoms with E-state index in [0.29, 0.717) is 34.8 Å². The molecule has 1 aromatic heterocycles. The van der Waals surface area contributed by atoms with Crippen LogP contribution in [0, 0.1) is 3.95 Å². The molecule has 1 aliphatic rings. The van der Waals surface area contributed by atoms with Crippen LogP contribution in [0.5, 0.6) is 11.6 Å². The van der Waals surface area contributed by atoms with E-state index in [1.807, 2.05) is 61.5 Å². The molecule has 2 heterocycles. The van der Waals surface area contributed by atoms with E-state index in [-0.39, 0.29) is 11.8 Å². The van der Waals surface area contributed by atoms with Gasteiger partial charge in [0.05, 0.1) is 17.2 Å². The SMILES string of the molecule is CCOc1ccc(NC(=O)CCCn2c(O)c(/C=C3/C=Nc4ccccc43)sc2=S)cc1. The van der Waals surface area contributed by atoms with Crippen LogP contribution >= 0.6 is 23.6 Å². The number of hydrogen-bond donors (Lipinski definition) is 2. The zero-order valence-corrected chi connectivity index (χ0v) is 19.2. The van der Waals surface area contributed by atoms with Gasteiger partial charge in [-0.15, -0.1) is 11.3 Å². The normalized spacial score (nSPS) is 13.3. The number of nitrogens with one attached hydrogen (secondary N) is 1. The van der Waals surface area contributed by atoms with Gasteiger partial charge in [-0.05, 0) is 62.0 Å². The predicted molar refractivity (Wildman–Crippen MR) is 133 cm³/mol. The summed E-state index contributed by atoms with van der Waals surface area (Å²) in [6, 6.07) is 15.1. The number of benzene rings is 2. The summed E-state index contributed by atoms with van der Waals surface area (Å²) in [6.45, 7) is 2.99. The van der Waals surface area contributed by atoms with Gasteiger partial charge in [0, 0.05) is 36.0 Å². The van der Waals surface area contributed by atoms with Crippen LogP contribution in [-0.4, -0.2) is 28.4 Å². The predicted octanol–water partition coefficient (Wildman–Crippen LogP) is 6.06. The minimum atomic E-state index is -0.0866. The molecule has 0 atom stereocenters. The van der Waals surface area contributed by atoms with Gasteiger partial charge in [-0.3, -0.25) is 14.4 Å². The molecule has 2 aromatic carbocycles. The Morgan fingerprint density at radius 1 is 1.25 bits per heavy atom. The van der Waals surface area contributed by atoms with Crippen LogP contribution in [0.2, 0.25) is 0 Å². The smallest absolute Gasteiger partial charge is 0.224 e. The van der Waals surface area contributed by atoms with Crippen molar-refractivity contribution >= 4 is 58.7 Å². The van der Waals surface area contributed by atoms with Gasteiger partial charge in [0.15, 0.2) is 3.95 Å². The van der Waals surface area contributed by atoms with E-state index in [1.54, 1.807) is 10.8 Å². The number of aromatic hydroxyl groups is 1. The van der Waals surface area contributed by atoms with Crippen LogP contribution in [0.1, 0.15) is 30.2 Å². The minimum Gasteiger partial charge on any atom is -0.494 e. The van der Waals surface area contributed by atoms with E-state index >= 15 is 0 Å². The van der Waals surface area contributed by atoms with Gasteiger partial charge in [0.1, 0.15) is 5.75 Å². The number of rotatable bonds is 8. The van der Waals surface area contributed by atoms with E-state index in [9.17, 15) is 9.90 Å². The second-order valence-electron chi connectivity index (χ2n) is 7.19. The average molecular weight is 466 g/mol. The van der Waals surface area contributed by atoms with Gasteiger partial charge < -0.3 is 15.2 Å². The fraction of sp³-hybridized carbons (Fsp3) is 0.208. The summed E-state index contributed by atoms with van der Waals surface area (Å²) in [6.07, 6.45) is 4.57. The van der Waals surface area contributed by atoms with Gasteiger partial charge in [-0.1, -0.05) is 18.2 Å². The Hall–Kier alpha value is -3.23. The number of carbonyl (C=O) groups is 1. The lowest BCUT2D eigenvalue weighted by Gasteiger charge is -2.08. The minimum absolute atomic E-state index is 0.0866. The first-order valence-electron chi connectivity index (χ1n) is 10.4. The topological polar surface area (TPSA) is 75.8 Å². The highest BCUT2D eigenvalue weighted by atomic mass is 32.1. The average Bonchev–Trinajstić information content (AvgIpc) is 3.31. The Balaban J connectivity index is 1.36. The fourth-order valence-corrected chi connectivity index (χ4v) is 4.73. The molecule has 1 amide bonds. The number of nitrogens with zero attached hydrogens (tertiary/aromatic N) is 2. The molecular weight excluding hydrogens is 442 g/mol. The van der Waals surface area contributed by atoms with Crippen molar-refractivity contribution in [3.05, 3.63) is 62.9 Å². The maximum Gasteiger partial charge on any atom is 0.224 e. The van der Waals surface area contributed by atoms with Crippen molar-refractivity contribution in [2.24, 2.45) is 4.99 Å². The first kappa shape index (κ1) is 22.0. The number of fused-ring (bicyclic) bond motifs is 1. The van der Waals surface area contributed by atoms with Crippen molar-refractivity contribution < 1.29 is 14.6 Å². The quantitative estimate of drug-likeness (QED) is 0.397. The number of amides is 1. The number of anilines is 1. The Morgan fingerprint density at radius 2 is 2.03 bits per heavy atom. The zero-order valence-electron chi connectivity index (χ0n) is 17.6. The summed E-state index contributed by atoms with van der Waals surface area (Å²) in [5, 5.41) is 13.6. The molecule has 2 N–H and O–H groups in total. The van der Waals surface area contributed by atoms with Gasteiger partial charge in [-0.2, -0.15) is 0 Å². The third-order valence-corrected chi connectivity index (χ3v) is 6.36. The van der Waals surface area contributed by atoms with Crippen LogP contribution in [0.15, 0.2) is 53.5 Å². The second-order valence-corrected chi connectivity index (χ2v) is 8.87. The molecule has 32 heavy (non-hydrogen) atoms. The van der Waals surface area contributed by atoms with Gasteiger partial charge in [0.2, 0.25) is 11.8 Å². The molecule has 0 fully saturated rings. The van der Waals surface area contributed by atoms with Gasteiger partial charge >= 0.3 is 0 Å². The van der Waals surface area contributed by atoms with Crippen molar-refractivity contribution in [2.75, 3.05) is 11.9 Å². The first-order chi connectivity index (χ1) is 15.5. The molecule has 0 radical (unpaired) electrons. The molecule has 0 saturated carbocycles. The van der Waals surface area contributed by atoms with Gasteiger partial charge in [-0.25, -0.2) is 0 Å². The van der Waals surface area contributed by atoms with Crippen molar-refractivity contribution in [1.29, 1.82) is 0 Å². The Bertz CT molecular complexity index is 1240. The first-order valence-corrected chi connectivity index (χ1v) is 11.6. The Morgan fingerprint density at radius 3 is 2.81 bits per heavy atom. The molecular formula is C24H23N3O3S2. The number of aromatic nitrogens is 1. The molecule has 164 valence electrons. The van der Waals surface area contributed by atoms with Crippen LogP contribution < -0.4 is 10.1 Å². The third-order valence-electron chi connectivity index (χ3n) is 4.97. The molecule has 0 unspecified atom stereocenters. The summed E-state index contributed by atoms with van der Waals surface area (Å²) in [7, 11) is 0. The van der Waals surface area contributed by atoms with Crippen LogP contribution in [-0.2, 0) is 11.3 Å². The number of thiazole rings is 1. The standard InChI is InChI=1S/C24H23N3O3S2/c1-2-30-18-11-9-17(10-12-18)26-22(28)8-5-13-27-23(29)21(32-24(27)31)14-16-15-25-20-7-4-3-6-19(16)20/h3-4,6-7,9-12,14-15,29H,2,5,8,13H2,1H3,(H,26,28)/b16-14-. The zero-order chi connectivity index (χ0) is 22.5. The number of hydrogen-bond acceptors (Lipinski definition) is 6. The molecule has 0 saturated heterocycles. The molecule has 4 rings (SSSR count). The molecule has 6 nitrogen and oxygen atoms in total. The monoisotopic (exact) mass is 465 g/mol. The van der Waals surface area contributed by atoms with E-state index in [2.05, 4.69) is 10.3 Å². The highest BCUT2D eigenvalue weighted by Crippen LogP contribution is 2.35.